The number of aromatic amines is 1. The number of imidazole rings is 1. The summed E-state index contributed by atoms with van der Waals surface area (Å²) in [6.07, 6.45) is 7.44. The monoisotopic (exact) mass is 368 g/mol. The molecule has 8 heteroatoms. The number of aromatic nitrogens is 8. The van der Waals surface area contributed by atoms with E-state index < -0.39 is 0 Å². The first-order valence-electron chi connectivity index (χ1n) is 8.81. The van der Waals surface area contributed by atoms with Gasteiger partial charge in [-0.2, -0.15) is 5.21 Å². The Morgan fingerprint density at radius 3 is 2.68 bits per heavy atom. The second kappa shape index (κ2) is 6.92. The summed E-state index contributed by atoms with van der Waals surface area (Å²) in [7, 11) is 0. The average Bonchev–Trinajstić information content (AvgIpc) is 3.50. The molecule has 0 fully saturated rings. The number of nitrogens with one attached hydrogen (secondary N) is 1. The van der Waals surface area contributed by atoms with Crippen molar-refractivity contribution in [2.45, 2.75) is 6.54 Å². The number of pyridine rings is 1. The van der Waals surface area contributed by atoms with Crippen LogP contribution in [-0.2, 0) is 6.54 Å². The summed E-state index contributed by atoms with van der Waals surface area (Å²) in [6, 6.07) is 18.2. The molecule has 0 atom stereocenters. The van der Waals surface area contributed by atoms with E-state index in [0.29, 0.717) is 12.4 Å². The van der Waals surface area contributed by atoms with E-state index in [1.165, 1.54) is 0 Å². The van der Waals surface area contributed by atoms with Crippen LogP contribution >= 0.6 is 0 Å². The molecule has 0 saturated carbocycles. The maximum atomic E-state index is 4.71. The third-order valence-electron chi connectivity index (χ3n) is 4.50. The number of hydrogen-bond acceptors (Lipinski definition) is 5. The highest BCUT2D eigenvalue weighted by molar-refractivity contribution is 5.78. The fourth-order valence-corrected chi connectivity index (χ4v) is 3.28. The smallest absolute Gasteiger partial charge is 0.194 e. The van der Waals surface area contributed by atoms with E-state index in [9.17, 15) is 0 Å². The predicted octanol–water partition coefficient (Wildman–Crippen LogP) is 2.96. The Balaban J connectivity index is 1.70. The molecule has 0 radical (unpaired) electrons. The molecule has 136 valence electrons. The van der Waals surface area contributed by atoms with Crippen molar-refractivity contribution in [1.29, 1.82) is 0 Å². The highest BCUT2D eigenvalue weighted by atomic mass is 15.5. The number of benzene rings is 1. The first kappa shape index (κ1) is 16.1. The number of H-pyrrole nitrogens is 1. The molecule has 8 nitrogen and oxygen atoms in total. The van der Waals surface area contributed by atoms with E-state index in [1.807, 2.05) is 59.7 Å². The zero-order chi connectivity index (χ0) is 18.8. The van der Waals surface area contributed by atoms with Crippen LogP contribution in [0.5, 0.6) is 0 Å². The van der Waals surface area contributed by atoms with Crippen molar-refractivity contribution < 1.29 is 0 Å². The molecule has 5 rings (SSSR count). The van der Waals surface area contributed by atoms with Gasteiger partial charge in [0, 0.05) is 18.0 Å². The molecule has 4 heterocycles. The predicted molar refractivity (Wildman–Crippen MR) is 104 cm³/mol. The van der Waals surface area contributed by atoms with Crippen LogP contribution in [0.1, 0.15) is 5.82 Å². The van der Waals surface area contributed by atoms with Gasteiger partial charge >= 0.3 is 0 Å². The third kappa shape index (κ3) is 2.86. The minimum atomic E-state index is 0.462. The van der Waals surface area contributed by atoms with Crippen LogP contribution in [0.3, 0.4) is 0 Å². The Kier molecular flexibility index (Phi) is 3.98. The maximum absolute atomic E-state index is 4.71. The summed E-state index contributed by atoms with van der Waals surface area (Å²) in [5.74, 6) is 0.595. The van der Waals surface area contributed by atoms with Gasteiger partial charge in [0.25, 0.3) is 0 Å². The second-order valence-electron chi connectivity index (χ2n) is 6.24. The molecule has 5 aromatic rings. The van der Waals surface area contributed by atoms with Gasteiger partial charge in [0.2, 0.25) is 0 Å². The molecule has 0 spiro atoms. The van der Waals surface area contributed by atoms with Crippen molar-refractivity contribution in [3.63, 3.8) is 0 Å². The Hall–Kier alpha value is -4.07. The standard InChI is InChI=1S/C20H16N8/c1-2-6-15(7-3-1)19-20(27(14-22-19)13-18-23-25-26-24-18)17-9-5-11-28(17)16-8-4-10-21-12-16/h1-12,14H,13H2,(H,23,24,25,26). The Morgan fingerprint density at radius 2 is 1.89 bits per heavy atom. The first-order valence-corrected chi connectivity index (χ1v) is 8.81. The lowest BCUT2D eigenvalue weighted by molar-refractivity contribution is 0.748. The minimum Gasteiger partial charge on any atom is -0.321 e. The lowest BCUT2D eigenvalue weighted by atomic mass is 10.1. The van der Waals surface area contributed by atoms with Gasteiger partial charge in [0.15, 0.2) is 5.82 Å². The molecule has 1 aromatic carbocycles. The van der Waals surface area contributed by atoms with Crippen LogP contribution in [0.4, 0.5) is 0 Å². The Morgan fingerprint density at radius 1 is 0.964 bits per heavy atom. The molecular weight excluding hydrogens is 352 g/mol. The quantitative estimate of drug-likeness (QED) is 0.515. The molecule has 0 amide bonds. The van der Waals surface area contributed by atoms with Gasteiger partial charge in [0.05, 0.1) is 41.8 Å². The van der Waals surface area contributed by atoms with E-state index in [0.717, 1.165) is 28.3 Å². The van der Waals surface area contributed by atoms with Gasteiger partial charge in [-0.25, -0.2) is 4.98 Å². The van der Waals surface area contributed by atoms with Crippen LogP contribution in [0.2, 0.25) is 0 Å². The van der Waals surface area contributed by atoms with Crippen LogP contribution in [0.25, 0.3) is 28.3 Å². The fraction of sp³-hybridized carbons (Fsp3) is 0.0500. The van der Waals surface area contributed by atoms with Crippen LogP contribution in [0.15, 0.2) is 79.5 Å². The van der Waals surface area contributed by atoms with Gasteiger partial charge in [-0.3, -0.25) is 4.98 Å². The molecule has 0 aliphatic rings. The summed E-state index contributed by atoms with van der Waals surface area (Å²) in [6.45, 7) is 0.462. The van der Waals surface area contributed by atoms with E-state index in [-0.39, 0.29) is 0 Å². The molecule has 0 bridgehead atoms. The summed E-state index contributed by atoms with van der Waals surface area (Å²) >= 11 is 0. The van der Waals surface area contributed by atoms with Crippen molar-refractivity contribution in [3.05, 3.63) is 85.3 Å². The van der Waals surface area contributed by atoms with Crippen molar-refractivity contribution in [3.8, 4) is 28.3 Å². The molecule has 4 aromatic heterocycles. The van der Waals surface area contributed by atoms with Crippen molar-refractivity contribution in [2.75, 3.05) is 0 Å². The van der Waals surface area contributed by atoms with Crippen LogP contribution in [0, 0.1) is 0 Å². The van der Waals surface area contributed by atoms with E-state index in [4.69, 9.17) is 4.98 Å². The summed E-state index contributed by atoms with van der Waals surface area (Å²) in [4.78, 5) is 8.96. The molecule has 0 aliphatic heterocycles. The number of hydrogen-bond donors (Lipinski definition) is 1. The van der Waals surface area contributed by atoms with Gasteiger partial charge in [-0.1, -0.05) is 35.5 Å². The molecule has 28 heavy (non-hydrogen) atoms. The van der Waals surface area contributed by atoms with Gasteiger partial charge in [-0.05, 0) is 24.3 Å². The largest absolute Gasteiger partial charge is 0.321 e. The molecule has 0 saturated heterocycles. The maximum Gasteiger partial charge on any atom is 0.194 e. The molecule has 0 unspecified atom stereocenters. The highest BCUT2D eigenvalue weighted by Crippen LogP contribution is 2.33. The molecular formula is C20H16N8. The highest BCUT2D eigenvalue weighted by Gasteiger charge is 2.19. The third-order valence-corrected chi connectivity index (χ3v) is 4.50. The van der Waals surface area contributed by atoms with Crippen LogP contribution < -0.4 is 0 Å². The second-order valence-corrected chi connectivity index (χ2v) is 6.24. The lowest BCUT2D eigenvalue weighted by Gasteiger charge is -2.13. The minimum absolute atomic E-state index is 0.462. The number of rotatable bonds is 5. The van der Waals surface area contributed by atoms with Crippen molar-refractivity contribution in [2.24, 2.45) is 0 Å². The normalized spacial score (nSPS) is 11.0. The van der Waals surface area contributed by atoms with Gasteiger partial charge in [-0.15, -0.1) is 10.2 Å². The van der Waals surface area contributed by atoms with Gasteiger partial charge in [0.1, 0.15) is 0 Å². The summed E-state index contributed by atoms with van der Waals surface area (Å²) in [5, 5.41) is 14.3. The number of nitrogens with zero attached hydrogens (tertiary/aromatic N) is 7. The van der Waals surface area contributed by atoms with Crippen LogP contribution in [-0.4, -0.2) is 39.7 Å². The molecule has 1 N–H and O–H groups in total. The van der Waals surface area contributed by atoms with Gasteiger partial charge < -0.3 is 9.13 Å². The SMILES string of the molecule is c1ccc(-c2ncn(Cc3nn[nH]n3)c2-c2cccn2-c2cccnc2)cc1. The lowest BCUT2D eigenvalue weighted by Crippen LogP contribution is -2.05. The molecule has 0 aliphatic carbocycles. The Labute approximate surface area is 160 Å². The zero-order valence-electron chi connectivity index (χ0n) is 14.8. The first-order chi connectivity index (χ1) is 13.9. The topological polar surface area (TPSA) is 90.1 Å². The van der Waals surface area contributed by atoms with Crippen molar-refractivity contribution in [1.82, 2.24) is 39.7 Å². The number of tetrazole rings is 1. The van der Waals surface area contributed by atoms with E-state index in [1.54, 1.807) is 6.20 Å². The summed E-state index contributed by atoms with van der Waals surface area (Å²) in [5.41, 5.74) is 4.91. The van der Waals surface area contributed by atoms with E-state index in [2.05, 4.69) is 48.4 Å². The summed E-state index contributed by atoms with van der Waals surface area (Å²) < 4.78 is 4.14. The van der Waals surface area contributed by atoms with Crippen molar-refractivity contribution >= 4 is 0 Å². The zero-order valence-corrected chi connectivity index (χ0v) is 14.8. The fourth-order valence-electron chi connectivity index (χ4n) is 3.28. The average molecular weight is 368 g/mol. The van der Waals surface area contributed by atoms with E-state index >= 15 is 0 Å². The Bertz CT molecular complexity index is 1170.